The number of carbonyl (C=O) groups excluding carboxylic acids is 1. The molecule has 0 aliphatic rings. The van der Waals surface area contributed by atoms with Crippen LogP contribution < -0.4 is 0 Å². The molecule has 0 spiro atoms. The van der Waals surface area contributed by atoms with Crippen LogP contribution in [0.5, 0.6) is 0 Å². The predicted molar refractivity (Wildman–Crippen MR) is 92.0 cm³/mol. The van der Waals surface area contributed by atoms with Gasteiger partial charge in [-0.1, -0.05) is 30.0 Å². The van der Waals surface area contributed by atoms with Crippen molar-refractivity contribution in [3.63, 3.8) is 0 Å². The number of halogens is 1. The Kier molecular flexibility index (Phi) is 5.93. The second kappa shape index (κ2) is 7.93. The summed E-state index contributed by atoms with van der Waals surface area (Å²) in [5.41, 5.74) is 2.62. The van der Waals surface area contributed by atoms with Gasteiger partial charge in [0.25, 0.3) is 0 Å². The molecule has 1 heterocycles. The lowest BCUT2D eigenvalue weighted by atomic mass is 10.1. The largest absolute Gasteiger partial charge is 0.341 e. The van der Waals surface area contributed by atoms with Crippen molar-refractivity contribution < 1.29 is 9.18 Å². The fourth-order valence-corrected chi connectivity index (χ4v) is 3.29. The smallest absolute Gasteiger partial charge is 0.233 e. The van der Waals surface area contributed by atoms with Crippen molar-refractivity contribution in [2.45, 2.75) is 25.4 Å². The van der Waals surface area contributed by atoms with E-state index in [4.69, 9.17) is 0 Å². The third-order valence-corrected chi connectivity index (χ3v) is 4.51. The highest BCUT2D eigenvalue weighted by Gasteiger charge is 2.15. The summed E-state index contributed by atoms with van der Waals surface area (Å²) in [6.07, 6.45) is 0. The normalized spacial score (nSPS) is 10.3. The summed E-state index contributed by atoms with van der Waals surface area (Å²) in [6.45, 7) is 3.91. The molecule has 4 nitrogen and oxygen atoms in total. The standard InChI is InChI=1S/C18H18FN3OS/c1-12-8-13(2)21-18(15(12)9-20)24-11-17(23)22(3)10-14-6-4-5-7-16(14)19/h4-8H,10-11H2,1-3H3. The summed E-state index contributed by atoms with van der Waals surface area (Å²) in [5, 5.41) is 9.81. The van der Waals surface area contributed by atoms with Gasteiger partial charge < -0.3 is 4.90 Å². The van der Waals surface area contributed by atoms with Crippen LogP contribution in [0.1, 0.15) is 22.4 Å². The zero-order chi connectivity index (χ0) is 17.7. The molecule has 0 aliphatic heterocycles. The summed E-state index contributed by atoms with van der Waals surface area (Å²) in [6, 6.07) is 10.4. The van der Waals surface area contributed by atoms with Gasteiger partial charge in [0.2, 0.25) is 5.91 Å². The fourth-order valence-electron chi connectivity index (χ4n) is 2.25. The number of nitriles is 1. The predicted octanol–water partition coefficient (Wildman–Crippen LogP) is 3.46. The Labute approximate surface area is 145 Å². The average Bonchev–Trinajstić information content (AvgIpc) is 2.54. The zero-order valence-electron chi connectivity index (χ0n) is 13.8. The van der Waals surface area contributed by atoms with E-state index in [1.165, 1.54) is 22.7 Å². The van der Waals surface area contributed by atoms with Crippen LogP contribution in [-0.2, 0) is 11.3 Å². The Morgan fingerprint density at radius 3 is 2.75 bits per heavy atom. The molecule has 0 saturated heterocycles. The highest BCUT2D eigenvalue weighted by atomic mass is 32.2. The van der Waals surface area contributed by atoms with E-state index in [0.29, 0.717) is 16.2 Å². The summed E-state index contributed by atoms with van der Waals surface area (Å²) in [5.74, 6) is -0.323. The first-order valence-electron chi connectivity index (χ1n) is 7.41. The molecule has 0 fully saturated rings. The van der Waals surface area contributed by atoms with Crippen LogP contribution in [0.4, 0.5) is 4.39 Å². The number of aryl methyl sites for hydroxylation is 2. The van der Waals surface area contributed by atoms with E-state index in [0.717, 1.165) is 11.3 Å². The van der Waals surface area contributed by atoms with E-state index in [1.54, 1.807) is 25.2 Å². The fraction of sp³-hybridized carbons (Fsp3) is 0.278. The van der Waals surface area contributed by atoms with Crippen LogP contribution >= 0.6 is 11.8 Å². The molecule has 1 amide bonds. The summed E-state index contributed by atoms with van der Waals surface area (Å²) < 4.78 is 13.7. The minimum absolute atomic E-state index is 0.145. The zero-order valence-corrected chi connectivity index (χ0v) is 14.7. The monoisotopic (exact) mass is 343 g/mol. The molecule has 24 heavy (non-hydrogen) atoms. The molecule has 0 bridgehead atoms. The number of pyridine rings is 1. The first-order valence-corrected chi connectivity index (χ1v) is 8.39. The first-order chi connectivity index (χ1) is 11.4. The maximum atomic E-state index is 13.7. The Balaban J connectivity index is 2.03. The van der Waals surface area contributed by atoms with E-state index < -0.39 is 0 Å². The molecule has 2 aromatic rings. The van der Waals surface area contributed by atoms with E-state index in [2.05, 4.69) is 11.1 Å². The highest BCUT2D eigenvalue weighted by Crippen LogP contribution is 2.24. The van der Waals surface area contributed by atoms with E-state index >= 15 is 0 Å². The van der Waals surface area contributed by atoms with Crippen LogP contribution in [0.15, 0.2) is 35.4 Å². The number of carbonyl (C=O) groups is 1. The third kappa shape index (κ3) is 4.33. The maximum absolute atomic E-state index is 13.7. The Bertz CT molecular complexity index is 801. The van der Waals surface area contributed by atoms with E-state index in [9.17, 15) is 14.4 Å². The molecule has 124 valence electrons. The molecule has 0 N–H and O–H groups in total. The lowest BCUT2D eigenvalue weighted by Gasteiger charge is -2.17. The van der Waals surface area contributed by atoms with Crippen LogP contribution in [0, 0.1) is 31.0 Å². The number of thioether (sulfide) groups is 1. The number of rotatable bonds is 5. The second-order valence-electron chi connectivity index (χ2n) is 5.50. The van der Waals surface area contributed by atoms with Gasteiger partial charge >= 0.3 is 0 Å². The minimum atomic E-state index is -0.326. The molecule has 0 atom stereocenters. The van der Waals surface area contributed by atoms with Gasteiger partial charge in [-0.3, -0.25) is 4.79 Å². The number of hydrogen-bond acceptors (Lipinski definition) is 4. The van der Waals surface area contributed by atoms with E-state index in [-0.39, 0.29) is 24.0 Å². The third-order valence-electron chi connectivity index (χ3n) is 3.55. The van der Waals surface area contributed by atoms with Crippen molar-refractivity contribution in [1.82, 2.24) is 9.88 Å². The average molecular weight is 343 g/mol. The molecule has 0 unspecified atom stereocenters. The van der Waals surface area contributed by atoms with Crippen LogP contribution in [0.25, 0.3) is 0 Å². The summed E-state index contributed by atoms with van der Waals surface area (Å²) in [7, 11) is 1.63. The second-order valence-corrected chi connectivity index (χ2v) is 6.47. The molecule has 2 rings (SSSR count). The van der Waals surface area contributed by atoms with Crippen molar-refractivity contribution in [2.24, 2.45) is 0 Å². The molecule has 6 heteroatoms. The van der Waals surface area contributed by atoms with Crippen molar-refractivity contribution in [2.75, 3.05) is 12.8 Å². The topological polar surface area (TPSA) is 57.0 Å². The molecule has 1 aromatic heterocycles. The van der Waals surface area contributed by atoms with Crippen molar-refractivity contribution >= 4 is 17.7 Å². The van der Waals surface area contributed by atoms with Crippen LogP contribution in [0.3, 0.4) is 0 Å². The number of hydrogen-bond donors (Lipinski definition) is 0. The maximum Gasteiger partial charge on any atom is 0.233 e. The number of benzene rings is 1. The van der Waals surface area contributed by atoms with Gasteiger partial charge in [0.1, 0.15) is 16.9 Å². The van der Waals surface area contributed by atoms with Crippen LogP contribution in [0.2, 0.25) is 0 Å². The van der Waals surface area contributed by atoms with Crippen LogP contribution in [-0.4, -0.2) is 28.6 Å². The molecule has 0 saturated carbocycles. The van der Waals surface area contributed by atoms with Gasteiger partial charge in [-0.05, 0) is 31.5 Å². The molecular weight excluding hydrogens is 325 g/mol. The van der Waals surface area contributed by atoms with Gasteiger partial charge in [0.05, 0.1) is 11.3 Å². The molecule has 0 radical (unpaired) electrons. The van der Waals surface area contributed by atoms with Gasteiger partial charge in [-0.15, -0.1) is 0 Å². The van der Waals surface area contributed by atoms with Gasteiger partial charge in [0, 0.05) is 24.8 Å². The highest BCUT2D eigenvalue weighted by molar-refractivity contribution is 8.00. The number of amides is 1. The van der Waals surface area contributed by atoms with Crippen molar-refractivity contribution in [1.29, 1.82) is 5.26 Å². The number of nitrogens with zero attached hydrogens (tertiary/aromatic N) is 3. The molecule has 1 aromatic carbocycles. The molecular formula is C18H18FN3OS. The number of aromatic nitrogens is 1. The van der Waals surface area contributed by atoms with Gasteiger partial charge in [0.15, 0.2) is 0 Å². The quantitative estimate of drug-likeness (QED) is 0.780. The summed E-state index contributed by atoms with van der Waals surface area (Å²) >= 11 is 1.23. The SMILES string of the molecule is Cc1cc(C)c(C#N)c(SCC(=O)N(C)Cc2ccccc2F)n1. The molecule has 0 aliphatic carbocycles. The van der Waals surface area contributed by atoms with Gasteiger partial charge in [-0.2, -0.15) is 5.26 Å². The lowest BCUT2D eigenvalue weighted by molar-refractivity contribution is -0.127. The first kappa shape index (κ1) is 18.0. The van der Waals surface area contributed by atoms with E-state index in [1.807, 2.05) is 19.9 Å². The Morgan fingerprint density at radius 2 is 2.08 bits per heavy atom. The lowest BCUT2D eigenvalue weighted by Crippen LogP contribution is -2.28. The Morgan fingerprint density at radius 1 is 1.38 bits per heavy atom. The van der Waals surface area contributed by atoms with Gasteiger partial charge in [-0.25, -0.2) is 9.37 Å². The Hall–Kier alpha value is -2.39. The summed E-state index contributed by atoms with van der Waals surface area (Å²) in [4.78, 5) is 18.1. The van der Waals surface area contributed by atoms with Crippen molar-refractivity contribution in [3.05, 3.63) is 58.5 Å². The minimum Gasteiger partial charge on any atom is -0.341 e. The van der Waals surface area contributed by atoms with Crippen molar-refractivity contribution in [3.8, 4) is 6.07 Å².